The fraction of sp³-hybridized carbons (Fsp3) is 0.211. The number of hydrazone groups is 1. The Morgan fingerprint density at radius 3 is 2.50 bits per heavy atom. The molecule has 2 N–H and O–H groups in total. The summed E-state index contributed by atoms with van der Waals surface area (Å²) in [6, 6.07) is 13.0. The number of nitrogens with one attached hydrogen (secondary N) is 2. The van der Waals surface area contributed by atoms with Crippen LogP contribution in [0.25, 0.3) is 0 Å². The average Bonchev–Trinajstić information content (AvgIpc) is 2.61. The molecule has 0 saturated heterocycles. The van der Waals surface area contributed by atoms with Gasteiger partial charge in [-0.15, -0.1) is 0 Å². The van der Waals surface area contributed by atoms with E-state index in [0.717, 1.165) is 5.56 Å². The first-order chi connectivity index (χ1) is 12.5. The smallest absolute Gasteiger partial charge is 0.329 e. The number of halogens is 1. The minimum Gasteiger partial charge on any atom is -0.488 e. The Kier molecular flexibility index (Phi) is 6.84. The summed E-state index contributed by atoms with van der Waals surface area (Å²) in [5.41, 5.74) is 3.61. The summed E-state index contributed by atoms with van der Waals surface area (Å²) in [4.78, 5) is 23.1. The Morgan fingerprint density at radius 1 is 1.12 bits per heavy atom. The van der Waals surface area contributed by atoms with E-state index in [1.165, 1.54) is 18.3 Å². The average molecular weight is 357 g/mol. The molecule has 2 aromatic rings. The van der Waals surface area contributed by atoms with Crippen LogP contribution >= 0.6 is 0 Å². The largest absolute Gasteiger partial charge is 0.488 e. The highest BCUT2D eigenvalue weighted by Gasteiger charge is 2.13. The molecule has 0 aliphatic rings. The van der Waals surface area contributed by atoms with Gasteiger partial charge >= 0.3 is 11.8 Å². The summed E-state index contributed by atoms with van der Waals surface area (Å²) in [5.74, 6) is -1.36. The van der Waals surface area contributed by atoms with Crippen molar-refractivity contribution in [1.82, 2.24) is 10.7 Å². The van der Waals surface area contributed by atoms with Gasteiger partial charge in [0.2, 0.25) is 0 Å². The van der Waals surface area contributed by atoms with Crippen molar-refractivity contribution in [2.75, 3.05) is 0 Å². The van der Waals surface area contributed by atoms with E-state index in [1.54, 1.807) is 50.2 Å². The third-order valence-corrected chi connectivity index (χ3v) is 3.22. The third kappa shape index (κ3) is 6.01. The number of carbonyl (C=O) groups excluding carboxylic acids is 2. The van der Waals surface area contributed by atoms with Gasteiger partial charge in [-0.2, -0.15) is 5.10 Å². The summed E-state index contributed by atoms with van der Waals surface area (Å²) >= 11 is 0. The molecule has 0 fully saturated rings. The molecule has 2 amide bonds. The molecule has 0 unspecified atom stereocenters. The van der Waals surface area contributed by atoms with Crippen molar-refractivity contribution < 1.29 is 18.7 Å². The summed E-state index contributed by atoms with van der Waals surface area (Å²) in [7, 11) is 0. The van der Waals surface area contributed by atoms with E-state index in [1.807, 2.05) is 0 Å². The first-order valence-corrected chi connectivity index (χ1v) is 8.06. The number of hydrogen-bond donors (Lipinski definition) is 2. The number of ether oxygens (including phenoxy) is 1. The molecule has 0 radical (unpaired) electrons. The molecule has 136 valence electrons. The van der Waals surface area contributed by atoms with Crippen molar-refractivity contribution in [3.63, 3.8) is 0 Å². The van der Waals surface area contributed by atoms with Crippen molar-refractivity contribution in [2.24, 2.45) is 5.10 Å². The predicted molar refractivity (Wildman–Crippen MR) is 96.2 cm³/mol. The van der Waals surface area contributed by atoms with Crippen LogP contribution in [-0.2, 0) is 16.2 Å². The Hall–Kier alpha value is -3.22. The van der Waals surface area contributed by atoms with E-state index >= 15 is 0 Å². The van der Waals surface area contributed by atoms with Gasteiger partial charge < -0.3 is 10.1 Å². The van der Waals surface area contributed by atoms with Crippen LogP contribution in [0.5, 0.6) is 5.75 Å². The second kappa shape index (κ2) is 9.31. The molecule has 0 spiro atoms. The second-order valence-corrected chi connectivity index (χ2v) is 5.78. The molecular weight excluding hydrogens is 337 g/mol. The van der Waals surface area contributed by atoms with E-state index in [0.29, 0.717) is 11.3 Å². The Balaban J connectivity index is 1.96. The first-order valence-electron chi connectivity index (χ1n) is 8.06. The zero-order valence-electron chi connectivity index (χ0n) is 14.5. The van der Waals surface area contributed by atoms with Gasteiger partial charge in [0.15, 0.2) is 0 Å². The number of nitrogens with zero attached hydrogens (tertiary/aromatic N) is 1. The van der Waals surface area contributed by atoms with E-state index in [9.17, 15) is 14.0 Å². The van der Waals surface area contributed by atoms with Crippen LogP contribution in [0.4, 0.5) is 4.39 Å². The minimum absolute atomic E-state index is 0.141. The number of amides is 2. The lowest BCUT2D eigenvalue weighted by Crippen LogP contribution is -2.41. The molecule has 0 atom stereocenters. The number of para-hydroxylation sites is 1. The summed E-state index contributed by atoms with van der Waals surface area (Å²) in [5, 5.41) is 6.25. The fourth-order valence-corrected chi connectivity index (χ4v) is 2.00. The molecule has 6 nitrogen and oxygen atoms in total. The van der Waals surface area contributed by atoms with Gasteiger partial charge in [0.05, 0.1) is 6.21 Å². The quantitative estimate of drug-likeness (QED) is 0.473. The summed E-state index contributed by atoms with van der Waals surface area (Å²) in [6.07, 6.45) is 1.39. The molecule has 26 heavy (non-hydrogen) atoms. The SMILES string of the molecule is CC(C)NC(=O)C(=O)N/N=C\c1ccccc1OCc1ccc(F)cc1. The van der Waals surface area contributed by atoms with Crippen LogP contribution in [0.3, 0.4) is 0 Å². The van der Waals surface area contributed by atoms with Gasteiger partial charge in [-0.05, 0) is 43.7 Å². The van der Waals surface area contributed by atoms with Crippen LogP contribution in [0.2, 0.25) is 0 Å². The molecule has 2 aromatic carbocycles. The molecular formula is C19H20FN3O3. The highest BCUT2D eigenvalue weighted by atomic mass is 19.1. The molecule has 0 bridgehead atoms. The highest BCUT2D eigenvalue weighted by Crippen LogP contribution is 2.17. The number of rotatable bonds is 6. The van der Waals surface area contributed by atoms with E-state index in [4.69, 9.17) is 4.74 Å². The zero-order valence-corrected chi connectivity index (χ0v) is 14.5. The van der Waals surface area contributed by atoms with E-state index in [2.05, 4.69) is 15.8 Å². The van der Waals surface area contributed by atoms with Crippen LogP contribution in [0, 0.1) is 5.82 Å². The molecule has 0 aromatic heterocycles. The molecule has 0 saturated carbocycles. The van der Waals surface area contributed by atoms with Crippen molar-refractivity contribution in [2.45, 2.75) is 26.5 Å². The molecule has 7 heteroatoms. The maximum atomic E-state index is 12.9. The molecule has 0 aliphatic carbocycles. The fourth-order valence-electron chi connectivity index (χ4n) is 2.00. The number of carbonyl (C=O) groups is 2. The lowest BCUT2D eigenvalue weighted by molar-refractivity contribution is -0.139. The Bertz CT molecular complexity index is 789. The molecule has 0 aliphatic heterocycles. The maximum absolute atomic E-state index is 12.9. The highest BCUT2D eigenvalue weighted by molar-refractivity contribution is 6.35. The van der Waals surface area contributed by atoms with Gasteiger partial charge in [-0.1, -0.05) is 24.3 Å². The number of benzene rings is 2. The predicted octanol–water partition coefficient (Wildman–Crippen LogP) is 2.38. The topological polar surface area (TPSA) is 79.8 Å². The van der Waals surface area contributed by atoms with Gasteiger partial charge in [-0.25, -0.2) is 9.82 Å². The Morgan fingerprint density at radius 2 is 1.81 bits per heavy atom. The van der Waals surface area contributed by atoms with Crippen molar-refractivity contribution in [3.05, 3.63) is 65.5 Å². The van der Waals surface area contributed by atoms with Gasteiger partial charge in [0.25, 0.3) is 0 Å². The summed E-state index contributed by atoms with van der Waals surface area (Å²) < 4.78 is 18.6. The van der Waals surface area contributed by atoms with Crippen molar-refractivity contribution in [3.8, 4) is 5.75 Å². The monoisotopic (exact) mass is 357 g/mol. The van der Waals surface area contributed by atoms with Crippen molar-refractivity contribution in [1.29, 1.82) is 0 Å². The van der Waals surface area contributed by atoms with Crippen LogP contribution in [-0.4, -0.2) is 24.1 Å². The van der Waals surface area contributed by atoms with Crippen molar-refractivity contribution >= 4 is 18.0 Å². The van der Waals surface area contributed by atoms with Gasteiger partial charge in [-0.3, -0.25) is 9.59 Å². The number of hydrogen-bond acceptors (Lipinski definition) is 4. The Labute approximate surface area is 151 Å². The van der Waals surface area contributed by atoms with E-state index in [-0.39, 0.29) is 18.5 Å². The normalized spacial score (nSPS) is 10.8. The first kappa shape index (κ1) is 19.1. The maximum Gasteiger partial charge on any atom is 0.329 e. The van der Waals surface area contributed by atoms with Crippen LogP contribution < -0.4 is 15.5 Å². The molecule has 2 rings (SSSR count). The van der Waals surface area contributed by atoms with Crippen LogP contribution in [0.1, 0.15) is 25.0 Å². The minimum atomic E-state index is -0.848. The third-order valence-electron chi connectivity index (χ3n) is 3.22. The van der Waals surface area contributed by atoms with Crippen LogP contribution in [0.15, 0.2) is 53.6 Å². The summed E-state index contributed by atoms with van der Waals surface area (Å²) in [6.45, 7) is 3.76. The zero-order chi connectivity index (χ0) is 18.9. The second-order valence-electron chi connectivity index (χ2n) is 5.78. The standard InChI is InChI=1S/C19H20FN3O3/c1-13(2)22-18(24)19(25)23-21-11-15-5-3-4-6-17(15)26-12-14-7-9-16(20)10-8-14/h3-11,13H,12H2,1-2H3,(H,22,24)(H,23,25)/b21-11-. The van der Waals surface area contributed by atoms with Gasteiger partial charge in [0.1, 0.15) is 18.2 Å². The molecule has 0 heterocycles. The lowest BCUT2D eigenvalue weighted by Gasteiger charge is -2.09. The lowest BCUT2D eigenvalue weighted by atomic mass is 10.2. The van der Waals surface area contributed by atoms with Gasteiger partial charge in [0, 0.05) is 11.6 Å². The van der Waals surface area contributed by atoms with E-state index < -0.39 is 11.8 Å².